The molecule has 3 rings (SSSR count). The number of aliphatic hydroxyl groups is 2. The highest BCUT2D eigenvalue weighted by molar-refractivity contribution is 4.90. The van der Waals surface area contributed by atoms with E-state index in [0.29, 0.717) is 17.8 Å². The van der Waals surface area contributed by atoms with Crippen LogP contribution in [0.4, 0.5) is 4.39 Å². The van der Waals surface area contributed by atoms with E-state index in [9.17, 15) is 14.6 Å². The minimum absolute atomic E-state index is 0.104. The van der Waals surface area contributed by atoms with Crippen molar-refractivity contribution in [3.8, 4) is 0 Å². The van der Waals surface area contributed by atoms with Crippen LogP contribution in [-0.4, -0.2) is 28.6 Å². The first-order valence-corrected chi connectivity index (χ1v) is 9.13. The third-order valence-electron chi connectivity index (χ3n) is 6.62. The molecular formula is C18H31FO2. The molecule has 3 atom stereocenters. The number of hydrogen-bond donors (Lipinski definition) is 2. The van der Waals surface area contributed by atoms with Crippen molar-refractivity contribution in [2.45, 2.75) is 89.0 Å². The van der Waals surface area contributed by atoms with Crippen LogP contribution in [-0.2, 0) is 0 Å². The van der Waals surface area contributed by atoms with Gasteiger partial charge in [-0.1, -0.05) is 0 Å². The van der Waals surface area contributed by atoms with E-state index in [1.165, 1.54) is 6.42 Å². The summed E-state index contributed by atoms with van der Waals surface area (Å²) in [6.07, 6.45) is 9.94. The Morgan fingerprint density at radius 3 is 1.57 bits per heavy atom. The summed E-state index contributed by atoms with van der Waals surface area (Å²) < 4.78 is 14.7. The van der Waals surface area contributed by atoms with Crippen molar-refractivity contribution in [2.24, 2.45) is 23.7 Å². The Morgan fingerprint density at radius 2 is 1.05 bits per heavy atom. The number of rotatable bonds is 2. The Labute approximate surface area is 128 Å². The molecule has 2 nitrogen and oxygen atoms in total. The summed E-state index contributed by atoms with van der Waals surface area (Å²) in [4.78, 5) is 0. The van der Waals surface area contributed by atoms with E-state index in [4.69, 9.17) is 0 Å². The zero-order chi connectivity index (χ0) is 14.8. The van der Waals surface area contributed by atoms with Crippen LogP contribution >= 0.6 is 0 Å². The molecule has 0 aromatic carbocycles. The van der Waals surface area contributed by atoms with Crippen molar-refractivity contribution >= 4 is 0 Å². The zero-order valence-electron chi connectivity index (χ0n) is 13.1. The van der Waals surface area contributed by atoms with Crippen molar-refractivity contribution in [3.05, 3.63) is 0 Å². The van der Waals surface area contributed by atoms with Crippen LogP contribution in [0.2, 0.25) is 0 Å². The predicted octanol–water partition coefficient (Wildman–Crippen LogP) is 3.84. The molecule has 3 unspecified atom stereocenters. The van der Waals surface area contributed by atoms with Gasteiger partial charge in [-0.25, -0.2) is 4.39 Å². The van der Waals surface area contributed by atoms with Gasteiger partial charge in [0.05, 0.1) is 12.2 Å². The summed E-state index contributed by atoms with van der Waals surface area (Å²) >= 11 is 0. The van der Waals surface area contributed by atoms with Crippen LogP contribution < -0.4 is 0 Å². The second-order valence-corrected chi connectivity index (χ2v) is 7.89. The van der Waals surface area contributed by atoms with Gasteiger partial charge in [-0.15, -0.1) is 0 Å². The summed E-state index contributed by atoms with van der Waals surface area (Å²) in [5.41, 5.74) is 0. The lowest BCUT2D eigenvalue weighted by Gasteiger charge is -2.42. The second kappa shape index (κ2) is 6.95. The Morgan fingerprint density at radius 1 is 0.571 bits per heavy atom. The number of hydrogen-bond acceptors (Lipinski definition) is 2. The van der Waals surface area contributed by atoms with E-state index in [-0.39, 0.29) is 18.1 Å². The Hall–Kier alpha value is -0.150. The minimum atomic E-state index is -0.629. The molecule has 122 valence electrons. The molecular weight excluding hydrogens is 267 g/mol. The molecule has 0 aromatic rings. The van der Waals surface area contributed by atoms with Gasteiger partial charge in [0.2, 0.25) is 0 Å². The van der Waals surface area contributed by atoms with Crippen LogP contribution in [0.5, 0.6) is 0 Å². The lowest BCUT2D eigenvalue weighted by Crippen LogP contribution is -2.37. The Kier molecular flexibility index (Phi) is 5.21. The molecule has 0 heterocycles. The number of alkyl halides is 1. The van der Waals surface area contributed by atoms with Gasteiger partial charge in [-0.05, 0) is 94.3 Å². The van der Waals surface area contributed by atoms with Gasteiger partial charge in [0, 0.05) is 0 Å². The normalized spacial score (nSPS) is 49.0. The molecule has 3 saturated carbocycles. The third kappa shape index (κ3) is 3.79. The molecule has 0 amide bonds. The number of halogens is 1. The molecule has 3 heteroatoms. The average Bonchev–Trinajstić information content (AvgIpc) is 2.49. The van der Waals surface area contributed by atoms with Gasteiger partial charge < -0.3 is 10.2 Å². The molecule has 0 aromatic heterocycles. The topological polar surface area (TPSA) is 40.5 Å². The van der Waals surface area contributed by atoms with E-state index in [0.717, 1.165) is 64.2 Å². The third-order valence-corrected chi connectivity index (χ3v) is 6.62. The zero-order valence-corrected chi connectivity index (χ0v) is 13.1. The highest BCUT2D eigenvalue weighted by Crippen LogP contribution is 2.45. The summed E-state index contributed by atoms with van der Waals surface area (Å²) in [5, 5.41) is 19.2. The van der Waals surface area contributed by atoms with Crippen molar-refractivity contribution in [2.75, 3.05) is 0 Å². The summed E-state index contributed by atoms with van der Waals surface area (Å²) in [7, 11) is 0. The quantitative estimate of drug-likeness (QED) is 0.813. The minimum Gasteiger partial charge on any atom is -0.393 e. The molecule has 3 aliphatic carbocycles. The first kappa shape index (κ1) is 15.7. The Bertz CT molecular complexity index is 319. The molecule has 0 spiro atoms. The van der Waals surface area contributed by atoms with Crippen LogP contribution in [0.15, 0.2) is 0 Å². The van der Waals surface area contributed by atoms with Crippen LogP contribution in [0.25, 0.3) is 0 Å². The maximum absolute atomic E-state index is 14.7. The van der Waals surface area contributed by atoms with Crippen molar-refractivity contribution in [1.82, 2.24) is 0 Å². The molecule has 0 saturated heterocycles. The fraction of sp³-hybridized carbons (Fsp3) is 1.00. The van der Waals surface area contributed by atoms with Crippen molar-refractivity contribution in [1.29, 1.82) is 0 Å². The van der Waals surface area contributed by atoms with Gasteiger partial charge in [0.25, 0.3) is 0 Å². The standard InChI is InChI=1S/C18H31FO2/c19-18-11-14(12-1-6-15(20)7-2-12)5-10-17(18)13-3-8-16(21)9-4-13/h12-18,20-21H,1-11H2. The fourth-order valence-corrected chi connectivity index (χ4v) is 5.23. The molecule has 0 aliphatic heterocycles. The van der Waals surface area contributed by atoms with Gasteiger partial charge in [0.15, 0.2) is 0 Å². The van der Waals surface area contributed by atoms with Crippen LogP contribution in [0.1, 0.15) is 70.6 Å². The van der Waals surface area contributed by atoms with Crippen molar-refractivity contribution < 1.29 is 14.6 Å². The molecule has 21 heavy (non-hydrogen) atoms. The molecule has 0 bridgehead atoms. The maximum atomic E-state index is 14.7. The lowest BCUT2D eigenvalue weighted by molar-refractivity contribution is 0.0127. The predicted molar refractivity (Wildman–Crippen MR) is 81.7 cm³/mol. The average molecular weight is 298 g/mol. The highest BCUT2D eigenvalue weighted by atomic mass is 19.1. The van der Waals surface area contributed by atoms with Gasteiger partial charge in [-0.3, -0.25) is 0 Å². The monoisotopic (exact) mass is 298 g/mol. The summed E-state index contributed by atoms with van der Waals surface area (Å²) in [6.45, 7) is 0. The van der Waals surface area contributed by atoms with Crippen LogP contribution in [0, 0.1) is 23.7 Å². The molecule has 3 aliphatic rings. The second-order valence-electron chi connectivity index (χ2n) is 7.89. The molecule has 3 fully saturated rings. The first-order chi connectivity index (χ1) is 10.1. The van der Waals surface area contributed by atoms with E-state index >= 15 is 0 Å². The smallest absolute Gasteiger partial charge is 0.103 e. The van der Waals surface area contributed by atoms with Gasteiger partial charge in [0.1, 0.15) is 6.17 Å². The maximum Gasteiger partial charge on any atom is 0.103 e. The van der Waals surface area contributed by atoms with Crippen LogP contribution in [0.3, 0.4) is 0 Å². The number of aliphatic hydroxyl groups excluding tert-OH is 2. The van der Waals surface area contributed by atoms with Gasteiger partial charge in [-0.2, -0.15) is 0 Å². The Balaban J connectivity index is 1.50. The largest absolute Gasteiger partial charge is 0.393 e. The van der Waals surface area contributed by atoms with E-state index in [1.54, 1.807) is 0 Å². The molecule has 0 radical (unpaired) electrons. The summed E-state index contributed by atoms with van der Waals surface area (Å²) in [6, 6.07) is 0. The van der Waals surface area contributed by atoms with Crippen molar-refractivity contribution in [3.63, 3.8) is 0 Å². The molecule has 2 N–H and O–H groups in total. The van der Waals surface area contributed by atoms with Gasteiger partial charge >= 0.3 is 0 Å². The fourth-order valence-electron chi connectivity index (χ4n) is 5.23. The van der Waals surface area contributed by atoms with E-state index < -0.39 is 6.17 Å². The first-order valence-electron chi connectivity index (χ1n) is 9.13. The SMILES string of the molecule is OC1CCC(C2CCC(C3CCC(O)CC3)C(F)C2)CC1. The lowest BCUT2D eigenvalue weighted by atomic mass is 9.65. The highest BCUT2D eigenvalue weighted by Gasteiger charge is 2.39. The van der Waals surface area contributed by atoms with E-state index in [2.05, 4.69) is 0 Å². The summed E-state index contributed by atoms with van der Waals surface area (Å²) in [5.74, 6) is 1.97. The van der Waals surface area contributed by atoms with E-state index in [1.807, 2.05) is 0 Å².